The van der Waals surface area contributed by atoms with Gasteiger partial charge in [0.1, 0.15) is 5.54 Å². The predicted octanol–water partition coefficient (Wildman–Crippen LogP) is 5.39. The molecule has 2 fully saturated rings. The maximum atomic E-state index is 13.8. The summed E-state index contributed by atoms with van der Waals surface area (Å²) in [6.07, 6.45) is 9.34. The lowest BCUT2D eigenvalue weighted by atomic mass is 9.78. The summed E-state index contributed by atoms with van der Waals surface area (Å²) >= 11 is 1.60. The van der Waals surface area contributed by atoms with Crippen LogP contribution >= 0.6 is 11.3 Å². The zero-order chi connectivity index (χ0) is 21.0. The smallest absolute Gasteiger partial charge is 0.246 e. The van der Waals surface area contributed by atoms with Crippen LogP contribution in [-0.4, -0.2) is 23.4 Å². The lowest BCUT2D eigenvalue weighted by Gasteiger charge is -2.45. The van der Waals surface area contributed by atoms with Gasteiger partial charge in [0.15, 0.2) is 0 Å². The summed E-state index contributed by atoms with van der Waals surface area (Å²) in [5.74, 6) is 0.0685. The van der Waals surface area contributed by atoms with Gasteiger partial charge in [0.05, 0.1) is 6.42 Å². The third-order valence-corrected chi connectivity index (χ3v) is 7.55. The minimum Gasteiger partial charge on any atom is -0.351 e. The van der Waals surface area contributed by atoms with Crippen molar-refractivity contribution in [3.63, 3.8) is 0 Å². The number of benzene rings is 1. The molecule has 2 aromatic rings. The molecule has 2 saturated carbocycles. The average Bonchev–Trinajstić information content (AvgIpc) is 3.45. The first-order chi connectivity index (χ1) is 14.6. The van der Waals surface area contributed by atoms with Gasteiger partial charge in [0.2, 0.25) is 11.8 Å². The molecule has 4 rings (SSSR count). The van der Waals surface area contributed by atoms with Crippen molar-refractivity contribution >= 4 is 28.8 Å². The van der Waals surface area contributed by atoms with Crippen molar-refractivity contribution in [1.82, 2.24) is 5.32 Å². The van der Waals surface area contributed by atoms with Crippen LogP contribution in [0.5, 0.6) is 0 Å². The second-order valence-electron chi connectivity index (χ2n) is 8.87. The minimum atomic E-state index is -0.787. The third-order valence-electron chi connectivity index (χ3n) is 6.67. The van der Waals surface area contributed by atoms with Crippen molar-refractivity contribution in [1.29, 1.82) is 0 Å². The quantitative estimate of drug-likeness (QED) is 0.675. The number of carbonyl (C=O) groups is 2. The summed E-state index contributed by atoms with van der Waals surface area (Å²) in [7, 11) is 0. The monoisotopic (exact) mass is 424 g/mol. The number of rotatable bonds is 6. The largest absolute Gasteiger partial charge is 0.351 e. The molecule has 1 N–H and O–H groups in total. The van der Waals surface area contributed by atoms with Crippen molar-refractivity contribution in [3.8, 4) is 0 Å². The van der Waals surface area contributed by atoms with Crippen molar-refractivity contribution in [2.45, 2.75) is 82.7 Å². The fourth-order valence-electron chi connectivity index (χ4n) is 5.04. The van der Waals surface area contributed by atoms with Crippen LogP contribution in [0, 0.1) is 6.92 Å². The van der Waals surface area contributed by atoms with E-state index in [0.717, 1.165) is 61.1 Å². The van der Waals surface area contributed by atoms with Crippen LogP contribution < -0.4 is 10.2 Å². The third kappa shape index (κ3) is 4.46. The Hall–Kier alpha value is -2.14. The fourth-order valence-corrected chi connectivity index (χ4v) is 5.74. The van der Waals surface area contributed by atoms with E-state index in [4.69, 9.17) is 0 Å². The van der Waals surface area contributed by atoms with E-state index in [0.29, 0.717) is 6.42 Å². The zero-order valence-electron chi connectivity index (χ0n) is 17.9. The van der Waals surface area contributed by atoms with Crippen LogP contribution in [0.15, 0.2) is 41.8 Å². The van der Waals surface area contributed by atoms with Crippen LogP contribution in [-0.2, 0) is 16.0 Å². The van der Waals surface area contributed by atoms with E-state index >= 15 is 0 Å². The molecule has 0 spiro atoms. The molecule has 2 aliphatic rings. The maximum absolute atomic E-state index is 13.8. The van der Waals surface area contributed by atoms with Gasteiger partial charge in [-0.2, -0.15) is 0 Å². The molecule has 0 aliphatic heterocycles. The van der Waals surface area contributed by atoms with Gasteiger partial charge in [0, 0.05) is 16.6 Å². The molecule has 2 amide bonds. The van der Waals surface area contributed by atoms with E-state index in [-0.39, 0.29) is 17.9 Å². The van der Waals surface area contributed by atoms with Gasteiger partial charge in [0.25, 0.3) is 0 Å². The number of nitrogens with one attached hydrogen (secondary N) is 1. The van der Waals surface area contributed by atoms with Gasteiger partial charge in [-0.05, 0) is 56.2 Å². The van der Waals surface area contributed by atoms with Gasteiger partial charge in [-0.1, -0.05) is 55.9 Å². The second kappa shape index (κ2) is 9.34. The normalized spacial score (nSPS) is 18.8. The fraction of sp³-hybridized carbons (Fsp3) is 0.520. The second-order valence-corrected chi connectivity index (χ2v) is 9.90. The Morgan fingerprint density at radius 2 is 1.73 bits per heavy atom. The molecule has 4 nitrogen and oxygen atoms in total. The Kier molecular flexibility index (Phi) is 6.57. The standard InChI is InChI=1S/C25H32N2O2S/c1-19-11-13-21(14-12-19)27(23(28)18-22-10-7-17-30-22)25(15-5-2-6-16-25)24(29)26-20-8-3-4-9-20/h7,10-14,17,20H,2-6,8-9,15-16,18H2,1H3,(H,26,29). The van der Waals surface area contributed by atoms with Crippen LogP contribution in [0.25, 0.3) is 0 Å². The highest BCUT2D eigenvalue weighted by atomic mass is 32.1. The Morgan fingerprint density at radius 3 is 2.37 bits per heavy atom. The Morgan fingerprint density at radius 1 is 1.03 bits per heavy atom. The molecule has 160 valence electrons. The zero-order valence-corrected chi connectivity index (χ0v) is 18.7. The molecule has 0 atom stereocenters. The summed E-state index contributed by atoms with van der Waals surface area (Å²) in [5.41, 5.74) is 1.20. The molecule has 30 heavy (non-hydrogen) atoms. The van der Waals surface area contributed by atoms with Gasteiger partial charge in [-0.15, -0.1) is 11.3 Å². The summed E-state index contributed by atoms with van der Waals surface area (Å²) < 4.78 is 0. The first-order valence-corrected chi connectivity index (χ1v) is 12.2. The minimum absolute atomic E-state index is 0.0183. The summed E-state index contributed by atoms with van der Waals surface area (Å²) in [6, 6.07) is 12.3. The van der Waals surface area contributed by atoms with Crippen molar-refractivity contribution in [3.05, 3.63) is 52.2 Å². The first-order valence-electron chi connectivity index (χ1n) is 11.3. The Labute approximate surface area is 183 Å². The van der Waals surface area contributed by atoms with Crippen molar-refractivity contribution in [2.75, 3.05) is 4.90 Å². The number of anilines is 1. The molecule has 0 bridgehead atoms. The molecule has 0 unspecified atom stereocenters. The van der Waals surface area contributed by atoms with Crippen LogP contribution in [0.1, 0.15) is 68.2 Å². The van der Waals surface area contributed by atoms with E-state index in [9.17, 15) is 9.59 Å². The number of hydrogen-bond donors (Lipinski definition) is 1. The molecule has 1 aromatic carbocycles. The molecule has 5 heteroatoms. The molecule has 1 aromatic heterocycles. The highest BCUT2D eigenvalue weighted by Crippen LogP contribution is 2.38. The van der Waals surface area contributed by atoms with Crippen molar-refractivity contribution in [2.24, 2.45) is 0 Å². The molecule has 0 saturated heterocycles. The van der Waals surface area contributed by atoms with E-state index < -0.39 is 5.54 Å². The molecule has 0 radical (unpaired) electrons. The van der Waals surface area contributed by atoms with Gasteiger partial charge in [-0.3, -0.25) is 14.5 Å². The van der Waals surface area contributed by atoms with Crippen molar-refractivity contribution < 1.29 is 9.59 Å². The topological polar surface area (TPSA) is 49.4 Å². The van der Waals surface area contributed by atoms with Gasteiger partial charge >= 0.3 is 0 Å². The predicted molar refractivity (Wildman–Crippen MR) is 123 cm³/mol. The van der Waals surface area contributed by atoms with E-state index in [1.165, 1.54) is 12.8 Å². The molecular weight excluding hydrogens is 392 g/mol. The molecule has 2 aliphatic carbocycles. The summed E-state index contributed by atoms with van der Waals surface area (Å²) in [5, 5.41) is 5.34. The van der Waals surface area contributed by atoms with Crippen LogP contribution in [0.3, 0.4) is 0 Å². The van der Waals surface area contributed by atoms with Gasteiger partial charge in [-0.25, -0.2) is 0 Å². The Balaban J connectivity index is 1.70. The lowest BCUT2D eigenvalue weighted by molar-refractivity contribution is -0.132. The highest BCUT2D eigenvalue weighted by Gasteiger charge is 2.48. The summed E-state index contributed by atoms with van der Waals surface area (Å²) in [4.78, 5) is 30.4. The Bertz CT molecular complexity index is 848. The number of thiophene rings is 1. The van der Waals surface area contributed by atoms with Gasteiger partial charge < -0.3 is 5.32 Å². The first kappa shape index (κ1) is 21.1. The summed E-state index contributed by atoms with van der Waals surface area (Å²) in [6.45, 7) is 2.05. The van der Waals surface area contributed by atoms with E-state index in [1.54, 1.807) is 11.3 Å². The molecule has 1 heterocycles. The SMILES string of the molecule is Cc1ccc(N(C(=O)Cc2cccs2)C2(C(=O)NC3CCCC3)CCCCC2)cc1. The van der Waals surface area contributed by atoms with Crippen LogP contribution in [0.2, 0.25) is 0 Å². The maximum Gasteiger partial charge on any atom is 0.246 e. The number of hydrogen-bond acceptors (Lipinski definition) is 3. The number of amides is 2. The van der Waals surface area contributed by atoms with E-state index in [2.05, 4.69) is 5.32 Å². The lowest BCUT2D eigenvalue weighted by Crippen LogP contribution is -2.63. The van der Waals surface area contributed by atoms with Crippen LogP contribution in [0.4, 0.5) is 5.69 Å². The number of nitrogens with zero attached hydrogens (tertiary/aromatic N) is 1. The highest BCUT2D eigenvalue weighted by molar-refractivity contribution is 7.10. The average molecular weight is 425 g/mol. The number of aryl methyl sites for hydroxylation is 1. The number of carbonyl (C=O) groups excluding carboxylic acids is 2. The van der Waals surface area contributed by atoms with E-state index in [1.807, 2.05) is 53.6 Å². The molecular formula is C25H32N2O2S.